The van der Waals surface area contributed by atoms with Gasteiger partial charge < -0.3 is 5.32 Å². The van der Waals surface area contributed by atoms with Gasteiger partial charge in [0.25, 0.3) is 0 Å². The second-order valence-electron chi connectivity index (χ2n) is 9.62. The summed E-state index contributed by atoms with van der Waals surface area (Å²) in [5.74, 6) is -3.07. The van der Waals surface area contributed by atoms with Crippen LogP contribution >= 0.6 is 39.0 Å². The van der Waals surface area contributed by atoms with Crippen LogP contribution in [0.1, 0.15) is 21.9 Å². The zero-order valence-electron chi connectivity index (χ0n) is 21.0. The molecule has 7 nitrogen and oxygen atoms in total. The van der Waals surface area contributed by atoms with Gasteiger partial charge in [-0.05, 0) is 61.0 Å². The van der Waals surface area contributed by atoms with Crippen molar-refractivity contribution in [3.63, 3.8) is 0 Å². The van der Waals surface area contributed by atoms with Crippen LogP contribution in [-0.4, -0.2) is 27.5 Å². The van der Waals surface area contributed by atoms with Crippen molar-refractivity contribution in [2.75, 3.05) is 10.2 Å². The Morgan fingerprint density at radius 1 is 1.00 bits per heavy atom. The summed E-state index contributed by atoms with van der Waals surface area (Å²) < 4.78 is 15.8. The number of amides is 3. The number of rotatable bonds is 5. The van der Waals surface area contributed by atoms with Crippen LogP contribution in [0, 0.1) is 18.7 Å². The molecule has 3 amide bonds. The Labute approximate surface area is 245 Å². The summed E-state index contributed by atoms with van der Waals surface area (Å²) in [7, 11) is 0. The molecule has 1 fully saturated rings. The zero-order chi connectivity index (χ0) is 28.1. The molecule has 3 atom stereocenters. The Balaban J connectivity index is 1.41. The highest BCUT2D eigenvalue weighted by molar-refractivity contribution is 9.10. The van der Waals surface area contributed by atoms with Gasteiger partial charge in [0.15, 0.2) is 0 Å². The Kier molecular flexibility index (Phi) is 6.97. The number of nitrogens with one attached hydrogen (secondary N) is 1. The third-order valence-corrected chi connectivity index (χ3v) is 10.1. The molecule has 1 saturated heterocycles. The van der Waals surface area contributed by atoms with Gasteiger partial charge in [-0.1, -0.05) is 68.9 Å². The molecule has 2 aliphatic heterocycles. The molecular formula is C29H21BrFN3O4S2. The molecular weight excluding hydrogens is 617 g/mol. The lowest BCUT2D eigenvalue weighted by atomic mass is 9.83. The van der Waals surface area contributed by atoms with Crippen molar-refractivity contribution in [1.29, 1.82) is 0 Å². The average molecular weight is 639 g/mol. The van der Waals surface area contributed by atoms with Crippen LogP contribution in [0.4, 0.5) is 15.8 Å². The number of aromatic nitrogens is 1. The number of hydrogen-bond donors (Lipinski definition) is 1. The van der Waals surface area contributed by atoms with Crippen molar-refractivity contribution in [3.05, 3.63) is 109 Å². The van der Waals surface area contributed by atoms with Crippen LogP contribution in [-0.2, 0) is 20.9 Å². The largest absolute Gasteiger partial charge is 0.325 e. The van der Waals surface area contributed by atoms with E-state index >= 15 is 0 Å². The molecule has 0 unspecified atom stereocenters. The summed E-state index contributed by atoms with van der Waals surface area (Å²) in [6.45, 7) is 1.71. The van der Waals surface area contributed by atoms with Crippen molar-refractivity contribution in [3.8, 4) is 0 Å². The number of thioether (sulfide) groups is 1. The minimum Gasteiger partial charge on any atom is -0.325 e. The second-order valence-corrected chi connectivity index (χ2v) is 12.7. The Morgan fingerprint density at radius 2 is 1.73 bits per heavy atom. The molecule has 0 aliphatic carbocycles. The van der Waals surface area contributed by atoms with Crippen LogP contribution in [0.25, 0.3) is 0 Å². The number of hydrogen-bond acceptors (Lipinski definition) is 6. The molecule has 11 heteroatoms. The average Bonchev–Trinajstić information content (AvgIpc) is 3.36. The van der Waals surface area contributed by atoms with E-state index in [1.807, 2.05) is 43.3 Å². The van der Waals surface area contributed by atoms with Crippen molar-refractivity contribution in [1.82, 2.24) is 4.57 Å². The molecule has 40 heavy (non-hydrogen) atoms. The number of fused-ring (bicyclic) bond motifs is 2. The number of carbonyl (C=O) groups excluding carboxylic acids is 3. The van der Waals surface area contributed by atoms with Crippen molar-refractivity contribution < 1.29 is 18.8 Å². The minimum atomic E-state index is -0.825. The summed E-state index contributed by atoms with van der Waals surface area (Å²) >= 11 is 5.62. The van der Waals surface area contributed by atoms with Crippen LogP contribution in [0.15, 0.2) is 87.1 Å². The first-order chi connectivity index (χ1) is 19.2. The van der Waals surface area contributed by atoms with Crippen LogP contribution in [0.3, 0.4) is 0 Å². The molecule has 202 valence electrons. The predicted molar refractivity (Wildman–Crippen MR) is 156 cm³/mol. The highest BCUT2D eigenvalue weighted by Crippen LogP contribution is 2.54. The van der Waals surface area contributed by atoms with E-state index in [-0.39, 0.29) is 23.0 Å². The maximum Gasteiger partial charge on any atom is 0.308 e. The third kappa shape index (κ3) is 4.71. The fourth-order valence-electron chi connectivity index (χ4n) is 5.14. The molecule has 0 saturated carbocycles. The first-order valence-electron chi connectivity index (χ1n) is 12.4. The maximum absolute atomic E-state index is 13.9. The predicted octanol–water partition coefficient (Wildman–Crippen LogP) is 5.55. The van der Waals surface area contributed by atoms with Gasteiger partial charge in [0, 0.05) is 21.0 Å². The lowest BCUT2D eigenvalue weighted by Gasteiger charge is -2.30. The van der Waals surface area contributed by atoms with Crippen LogP contribution < -0.4 is 15.1 Å². The van der Waals surface area contributed by atoms with Crippen molar-refractivity contribution in [2.45, 2.75) is 29.7 Å². The van der Waals surface area contributed by atoms with E-state index in [4.69, 9.17) is 0 Å². The quantitative estimate of drug-likeness (QED) is 0.290. The van der Waals surface area contributed by atoms with Gasteiger partial charge in [-0.3, -0.25) is 23.7 Å². The summed E-state index contributed by atoms with van der Waals surface area (Å²) in [5, 5.41) is 2.50. The second kappa shape index (κ2) is 10.5. The molecule has 3 heterocycles. The number of nitrogens with zero attached hydrogens (tertiary/aromatic N) is 2. The molecule has 0 bridgehead atoms. The van der Waals surface area contributed by atoms with E-state index in [9.17, 15) is 23.6 Å². The van der Waals surface area contributed by atoms with Gasteiger partial charge in [-0.15, -0.1) is 0 Å². The molecule has 1 N–H and O–H groups in total. The first-order valence-corrected chi connectivity index (χ1v) is 14.9. The summed E-state index contributed by atoms with van der Waals surface area (Å²) in [5.41, 5.74) is 2.72. The van der Waals surface area contributed by atoms with E-state index in [1.54, 1.807) is 12.1 Å². The molecule has 6 rings (SSSR count). The maximum atomic E-state index is 13.9. The van der Waals surface area contributed by atoms with E-state index in [0.29, 0.717) is 15.6 Å². The monoisotopic (exact) mass is 637 g/mol. The molecule has 2 aliphatic rings. The fraction of sp³-hybridized carbons (Fsp3) is 0.172. The van der Waals surface area contributed by atoms with Crippen LogP contribution in [0.2, 0.25) is 0 Å². The van der Waals surface area contributed by atoms with Gasteiger partial charge >= 0.3 is 4.87 Å². The minimum absolute atomic E-state index is 0.238. The molecule has 4 aromatic rings. The summed E-state index contributed by atoms with van der Waals surface area (Å²) in [4.78, 5) is 55.2. The number of anilines is 2. The standard InChI is InChI=1S/C29H21BrFN3O4S2/c1-15-5-9-19(10-6-15)32-21(35)14-33-28-25(40-29(33)38)22(16-3-2-4-17(30)13-16)23-24(39-28)27(37)34(26(23)36)20-11-7-18(31)8-12-20/h2-13,22-24H,14H2,1H3,(H,32,35)/t22-,23-,24+/m0/s1. The highest BCUT2D eigenvalue weighted by Gasteiger charge is 2.56. The zero-order valence-corrected chi connectivity index (χ0v) is 24.2. The number of aryl methyl sites for hydroxylation is 1. The van der Waals surface area contributed by atoms with E-state index < -0.39 is 34.7 Å². The van der Waals surface area contributed by atoms with Gasteiger partial charge in [0.2, 0.25) is 17.7 Å². The smallest absolute Gasteiger partial charge is 0.308 e. The highest BCUT2D eigenvalue weighted by atomic mass is 79.9. The molecule has 1 aromatic heterocycles. The SMILES string of the molecule is Cc1ccc(NC(=O)Cn2c3c(sc2=O)[C@@H](c2cccc(Br)c2)[C@@H]2C(=O)N(c4ccc(F)cc4)C(=O)[C@@H]2S3)cc1. The van der Waals surface area contributed by atoms with Crippen molar-refractivity contribution >= 4 is 68.1 Å². The number of benzene rings is 3. The summed E-state index contributed by atoms with van der Waals surface area (Å²) in [6, 6.07) is 20.0. The molecule has 0 spiro atoms. The van der Waals surface area contributed by atoms with E-state index in [0.717, 1.165) is 43.6 Å². The van der Waals surface area contributed by atoms with Crippen molar-refractivity contribution in [2.24, 2.45) is 5.92 Å². The normalized spacial score (nSPS) is 19.9. The molecule has 0 radical (unpaired) electrons. The number of carbonyl (C=O) groups is 3. The topological polar surface area (TPSA) is 88.5 Å². The first kappa shape index (κ1) is 26.7. The van der Waals surface area contributed by atoms with Gasteiger partial charge in [0.1, 0.15) is 17.6 Å². The van der Waals surface area contributed by atoms with Crippen LogP contribution in [0.5, 0.6) is 0 Å². The lowest BCUT2D eigenvalue weighted by Crippen LogP contribution is -2.33. The Bertz CT molecular complexity index is 1720. The fourth-order valence-corrected chi connectivity index (χ4v) is 8.33. The van der Waals surface area contributed by atoms with Gasteiger partial charge in [-0.2, -0.15) is 0 Å². The number of thiazole rings is 1. The lowest BCUT2D eigenvalue weighted by molar-refractivity contribution is -0.122. The number of halogens is 2. The summed E-state index contributed by atoms with van der Waals surface area (Å²) in [6.07, 6.45) is 0. The van der Waals surface area contributed by atoms with Gasteiger partial charge in [-0.25, -0.2) is 9.29 Å². The Morgan fingerprint density at radius 3 is 2.42 bits per heavy atom. The third-order valence-electron chi connectivity index (χ3n) is 6.98. The molecule has 3 aromatic carbocycles. The van der Waals surface area contributed by atoms with Gasteiger partial charge in [0.05, 0.1) is 16.6 Å². The van der Waals surface area contributed by atoms with E-state index in [2.05, 4.69) is 21.2 Å². The number of imide groups is 1. The Hall–Kier alpha value is -3.54. The van der Waals surface area contributed by atoms with E-state index in [1.165, 1.54) is 28.8 Å².